The van der Waals surface area contributed by atoms with Gasteiger partial charge >= 0.3 is 0 Å². The molecule has 8 heteroatoms. The summed E-state index contributed by atoms with van der Waals surface area (Å²) in [6, 6.07) is 115. The summed E-state index contributed by atoms with van der Waals surface area (Å²) >= 11 is 0. The number of anilines is 12. The monoisotopic (exact) mass is 1180 g/mol. The molecule has 0 bridgehead atoms. The molecular weight excluding hydrogens is 1130 g/mol. The Kier molecular flexibility index (Phi) is 12.4. The number of benzene rings is 14. The van der Waals surface area contributed by atoms with Crippen LogP contribution >= 0.6 is 0 Å². The second-order valence-electron chi connectivity index (χ2n) is 23.1. The van der Waals surface area contributed by atoms with Gasteiger partial charge in [-0.1, -0.05) is 188 Å². The van der Waals surface area contributed by atoms with Crippen LogP contribution in [-0.4, -0.2) is 0 Å². The third kappa shape index (κ3) is 8.68. The second kappa shape index (κ2) is 21.7. The van der Waals surface area contributed by atoms with Crippen molar-refractivity contribution < 1.29 is 17.7 Å². The maximum absolute atomic E-state index is 7.30. The summed E-state index contributed by atoms with van der Waals surface area (Å²) < 4.78 is 27.8. The summed E-state index contributed by atoms with van der Waals surface area (Å²) in [5, 5.41) is 8.38. The average molecular weight is 1180 g/mol. The largest absolute Gasteiger partial charge is 0.454 e. The molecule has 0 aliphatic carbocycles. The van der Waals surface area contributed by atoms with Crippen LogP contribution in [0.1, 0.15) is 0 Å². The number of para-hydroxylation sites is 11. The lowest BCUT2D eigenvalue weighted by molar-refractivity contribution is 0.668. The van der Waals surface area contributed by atoms with E-state index in [9.17, 15) is 0 Å². The van der Waals surface area contributed by atoms with E-state index in [0.717, 1.165) is 167 Å². The normalized spacial score (nSPS) is 11.7. The molecule has 0 N–H and O–H groups in total. The van der Waals surface area contributed by atoms with E-state index in [1.165, 1.54) is 0 Å². The second-order valence-corrected chi connectivity index (χ2v) is 23.1. The Balaban J connectivity index is 0.730. The molecule has 0 aliphatic heterocycles. The third-order valence-electron chi connectivity index (χ3n) is 17.8. The molecule has 0 amide bonds. The van der Waals surface area contributed by atoms with E-state index in [1.54, 1.807) is 0 Å². The highest BCUT2D eigenvalue weighted by Gasteiger charge is 2.27. The standard InChI is InChI=1S/C84H54N4O4/c1-5-23-56(24-6-1)85(73-41-19-37-68-65-33-13-15-45-77(65)89-81(68)73)60-48-50-61(51-49-60)86(57-25-7-2-8-26-57)74-42-21-39-70-67-52-47-55(53-79(67)91-83(70)74)64-35-18-36-71-72-40-22-44-76(84(72)92-80(64)71)88(59-29-11-4-12-30-59)63-32-17-31-62(54-63)87(58-27-9-3-10-28-58)75-43-20-38-69-66-34-14-16-46-78(66)90-82(69)75/h1-54H. The SMILES string of the molecule is c1ccc(N(c2ccc(N(c3ccccc3)c3cccc4c3oc3cc(-c5cccc6c5oc5c(N(c7ccccc7)c7cccc(N(c8ccccc8)c8cccc9c8oc8ccccc89)c7)cccc56)ccc34)cc2)c2cccc3c2oc2ccccc23)cc1. The molecule has 14 aromatic carbocycles. The summed E-state index contributed by atoms with van der Waals surface area (Å²) in [4.78, 5) is 9.14. The Morgan fingerprint density at radius 2 is 0.467 bits per heavy atom. The lowest BCUT2D eigenvalue weighted by Gasteiger charge is -2.29. The maximum atomic E-state index is 7.30. The van der Waals surface area contributed by atoms with Crippen molar-refractivity contribution in [2.75, 3.05) is 19.6 Å². The van der Waals surface area contributed by atoms with Crippen molar-refractivity contribution >= 4 is 156 Å². The highest BCUT2D eigenvalue weighted by Crippen LogP contribution is 2.50. The van der Waals surface area contributed by atoms with Gasteiger partial charge in [-0.25, -0.2) is 0 Å². The Morgan fingerprint density at radius 1 is 0.174 bits per heavy atom. The maximum Gasteiger partial charge on any atom is 0.159 e. The summed E-state index contributed by atoms with van der Waals surface area (Å²) in [5.41, 5.74) is 20.1. The van der Waals surface area contributed by atoms with E-state index < -0.39 is 0 Å². The lowest BCUT2D eigenvalue weighted by Crippen LogP contribution is -2.13. The molecule has 92 heavy (non-hydrogen) atoms. The van der Waals surface area contributed by atoms with Gasteiger partial charge < -0.3 is 37.3 Å². The smallest absolute Gasteiger partial charge is 0.159 e. The van der Waals surface area contributed by atoms with E-state index in [0.29, 0.717) is 0 Å². The Hall–Kier alpha value is -12.5. The molecular formula is C84H54N4O4. The van der Waals surface area contributed by atoms with Crippen LogP contribution in [0.15, 0.2) is 345 Å². The highest BCUT2D eigenvalue weighted by molar-refractivity contribution is 6.16. The lowest BCUT2D eigenvalue weighted by atomic mass is 10.0. The van der Waals surface area contributed by atoms with Crippen LogP contribution < -0.4 is 19.6 Å². The van der Waals surface area contributed by atoms with Gasteiger partial charge in [-0.05, 0) is 145 Å². The van der Waals surface area contributed by atoms with Gasteiger partial charge in [-0.3, -0.25) is 0 Å². The fraction of sp³-hybridized carbons (Fsp3) is 0. The van der Waals surface area contributed by atoms with Crippen molar-refractivity contribution in [2.45, 2.75) is 0 Å². The molecule has 18 rings (SSSR count). The first-order chi connectivity index (χ1) is 45.6. The summed E-state index contributed by atoms with van der Waals surface area (Å²) in [5.74, 6) is 0. The quantitative estimate of drug-likeness (QED) is 0.113. The first kappa shape index (κ1) is 52.6. The Bertz CT molecular complexity index is 5800. The fourth-order valence-corrected chi connectivity index (χ4v) is 13.7. The van der Waals surface area contributed by atoms with Gasteiger partial charge in [0.1, 0.15) is 22.3 Å². The first-order valence-corrected chi connectivity index (χ1v) is 31.0. The van der Waals surface area contributed by atoms with E-state index in [-0.39, 0.29) is 0 Å². The Labute approximate surface area is 529 Å². The molecule has 0 unspecified atom stereocenters. The van der Waals surface area contributed by atoms with Crippen molar-refractivity contribution in [3.05, 3.63) is 328 Å². The third-order valence-corrected chi connectivity index (χ3v) is 17.8. The van der Waals surface area contributed by atoms with Gasteiger partial charge in [0.05, 0.1) is 22.7 Å². The van der Waals surface area contributed by atoms with Gasteiger partial charge in [-0.2, -0.15) is 0 Å². The molecule has 0 fully saturated rings. The minimum atomic E-state index is 0.774. The van der Waals surface area contributed by atoms with Crippen molar-refractivity contribution in [1.82, 2.24) is 0 Å². The molecule has 0 aliphatic rings. The minimum Gasteiger partial charge on any atom is -0.454 e. The van der Waals surface area contributed by atoms with Crippen LogP contribution in [0.3, 0.4) is 0 Å². The molecule has 4 aromatic heterocycles. The summed E-state index contributed by atoms with van der Waals surface area (Å²) in [6.45, 7) is 0. The molecule has 4 heterocycles. The highest BCUT2D eigenvalue weighted by atomic mass is 16.3. The van der Waals surface area contributed by atoms with Gasteiger partial charge in [0, 0.05) is 94.2 Å². The van der Waals surface area contributed by atoms with Gasteiger partial charge in [0.15, 0.2) is 22.3 Å². The van der Waals surface area contributed by atoms with E-state index in [4.69, 9.17) is 17.7 Å². The molecule has 0 spiro atoms. The van der Waals surface area contributed by atoms with Crippen molar-refractivity contribution in [3.63, 3.8) is 0 Å². The van der Waals surface area contributed by atoms with E-state index in [2.05, 4.69) is 317 Å². The molecule has 18 aromatic rings. The predicted octanol–water partition coefficient (Wildman–Crippen LogP) is 24.8. The number of rotatable bonds is 13. The molecule has 434 valence electrons. The minimum absolute atomic E-state index is 0.774. The number of fused-ring (bicyclic) bond motifs is 12. The zero-order valence-corrected chi connectivity index (χ0v) is 49.6. The van der Waals surface area contributed by atoms with Crippen LogP contribution in [-0.2, 0) is 0 Å². The number of hydrogen-bond donors (Lipinski definition) is 0. The molecule has 0 radical (unpaired) electrons. The molecule has 0 saturated carbocycles. The zero-order chi connectivity index (χ0) is 60.6. The predicted molar refractivity (Wildman–Crippen MR) is 380 cm³/mol. The average Bonchev–Trinajstić information content (AvgIpc) is 1.69. The molecule has 0 atom stereocenters. The van der Waals surface area contributed by atoms with E-state index >= 15 is 0 Å². The first-order valence-electron chi connectivity index (χ1n) is 31.0. The Morgan fingerprint density at radius 3 is 0.902 bits per heavy atom. The van der Waals surface area contributed by atoms with Crippen LogP contribution in [0, 0.1) is 0 Å². The summed E-state index contributed by atoms with van der Waals surface area (Å²) in [6.07, 6.45) is 0. The number of nitrogens with zero attached hydrogens (tertiary/aromatic N) is 4. The van der Waals surface area contributed by atoms with Gasteiger partial charge in [0.2, 0.25) is 0 Å². The molecule has 0 saturated heterocycles. The van der Waals surface area contributed by atoms with Crippen molar-refractivity contribution in [3.8, 4) is 11.1 Å². The van der Waals surface area contributed by atoms with Crippen molar-refractivity contribution in [1.29, 1.82) is 0 Å². The van der Waals surface area contributed by atoms with Crippen LogP contribution in [0.2, 0.25) is 0 Å². The van der Waals surface area contributed by atoms with Crippen LogP contribution in [0.5, 0.6) is 0 Å². The fourth-order valence-electron chi connectivity index (χ4n) is 13.7. The van der Waals surface area contributed by atoms with Gasteiger partial charge in [0.25, 0.3) is 0 Å². The van der Waals surface area contributed by atoms with Crippen LogP contribution in [0.25, 0.3) is 98.9 Å². The van der Waals surface area contributed by atoms with E-state index in [1.807, 2.05) is 30.3 Å². The van der Waals surface area contributed by atoms with Gasteiger partial charge in [-0.15, -0.1) is 0 Å². The zero-order valence-electron chi connectivity index (χ0n) is 49.6. The van der Waals surface area contributed by atoms with Crippen LogP contribution in [0.4, 0.5) is 68.2 Å². The van der Waals surface area contributed by atoms with Crippen molar-refractivity contribution in [2.24, 2.45) is 0 Å². The number of hydrogen-bond acceptors (Lipinski definition) is 8. The topological polar surface area (TPSA) is 65.5 Å². The summed E-state index contributed by atoms with van der Waals surface area (Å²) in [7, 11) is 0. The number of furan rings is 4. The molecule has 8 nitrogen and oxygen atoms in total.